The maximum absolute atomic E-state index is 5.46. The second-order valence-electron chi connectivity index (χ2n) is 14.5. The Labute approximate surface area is 320 Å². The molecule has 264 valence electrons. The number of aromatic nitrogens is 2. The van der Waals surface area contributed by atoms with Gasteiger partial charge in [0.2, 0.25) is 0 Å². The molecule has 1 heterocycles. The summed E-state index contributed by atoms with van der Waals surface area (Å²) in [7, 11) is 0. The molecule has 0 amide bonds. The first-order valence-electron chi connectivity index (χ1n) is 19.4. The molecule has 2 heteroatoms. The normalized spacial score (nSPS) is 11.2. The van der Waals surface area contributed by atoms with Crippen LogP contribution in [-0.2, 0) is 12.8 Å². The van der Waals surface area contributed by atoms with Crippen molar-refractivity contribution in [3.63, 3.8) is 0 Å². The van der Waals surface area contributed by atoms with Crippen LogP contribution in [0.3, 0.4) is 0 Å². The minimum absolute atomic E-state index is 0.735. The summed E-state index contributed by atoms with van der Waals surface area (Å²) < 4.78 is 0. The highest BCUT2D eigenvalue weighted by atomic mass is 14.9. The first-order chi connectivity index (χ1) is 26.6. The van der Waals surface area contributed by atoms with Crippen molar-refractivity contribution in [3.8, 4) is 56.0 Å². The van der Waals surface area contributed by atoms with E-state index in [1.165, 1.54) is 76.6 Å². The number of fused-ring (bicyclic) bond motifs is 1. The first-order valence-corrected chi connectivity index (χ1v) is 19.4. The van der Waals surface area contributed by atoms with Crippen LogP contribution >= 0.6 is 0 Å². The summed E-state index contributed by atoms with van der Waals surface area (Å²) >= 11 is 0. The third-order valence-corrected chi connectivity index (χ3v) is 10.6. The lowest BCUT2D eigenvalue weighted by Gasteiger charge is -2.17. The minimum Gasteiger partial charge on any atom is -0.227 e. The Morgan fingerprint density at radius 2 is 0.926 bits per heavy atom. The molecule has 1 aromatic heterocycles. The van der Waals surface area contributed by atoms with Crippen molar-refractivity contribution in [1.29, 1.82) is 0 Å². The van der Waals surface area contributed by atoms with Gasteiger partial charge in [0.25, 0.3) is 0 Å². The van der Waals surface area contributed by atoms with Gasteiger partial charge in [0.05, 0.1) is 11.2 Å². The third kappa shape index (κ3) is 7.80. The summed E-state index contributed by atoms with van der Waals surface area (Å²) in [6.45, 7) is 4.38. The predicted octanol–water partition coefficient (Wildman–Crippen LogP) is 13.9. The van der Waals surface area contributed by atoms with E-state index in [9.17, 15) is 0 Å². The van der Waals surface area contributed by atoms with Crippen LogP contribution < -0.4 is 0 Å². The Morgan fingerprint density at radius 1 is 0.389 bits per heavy atom. The Bertz CT molecular complexity index is 2480. The van der Waals surface area contributed by atoms with Crippen LogP contribution in [0.4, 0.5) is 0 Å². The number of hydrogen-bond donors (Lipinski definition) is 0. The number of hydrogen-bond acceptors (Lipinski definition) is 2. The van der Waals surface area contributed by atoms with Crippen LogP contribution in [0.2, 0.25) is 0 Å². The SMILES string of the molecule is Cc1cccc(C)c1-c1nc(-c2cccc(-c3cccc(CCCCCCc4ccccc4)c3)c2)nc2c(-c3ccccc3)cc(-c3ccccc3)cc12. The molecule has 0 saturated heterocycles. The molecule has 0 saturated carbocycles. The molecule has 8 aromatic rings. The van der Waals surface area contributed by atoms with Gasteiger partial charge in [0.15, 0.2) is 5.82 Å². The zero-order valence-electron chi connectivity index (χ0n) is 31.3. The number of benzene rings is 7. The van der Waals surface area contributed by atoms with Gasteiger partial charge < -0.3 is 0 Å². The maximum atomic E-state index is 5.46. The molecule has 0 fully saturated rings. The number of aryl methyl sites for hydroxylation is 4. The van der Waals surface area contributed by atoms with Gasteiger partial charge in [-0.25, -0.2) is 9.97 Å². The fraction of sp³-hybridized carbons (Fsp3) is 0.154. The van der Waals surface area contributed by atoms with E-state index in [0.29, 0.717) is 0 Å². The van der Waals surface area contributed by atoms with E-state index in [1.54, 1.807) is 0 Å². The first kappa shape index (κ1) is 34.9. The third-order valence-electron chi connectivity index (χ3n) is 10.6. The molecule has 54 heavy (non-hydrogen) atoms. The van der Waals surface area contributed by atoms with E-state index in [1.807, 2.05) is 0 Å². The Hall–Kier alpha value is -6.12. The van der Waals surface area contributed by atoms with Crippen molar-refractivity contribution in [2.24, 2.45) is 0 Å². The predicted molar refractivity (Wildman–Crippen MR) is 229 cm³/mol. The van der Waals surface area contributed by atoms with Gasteiger partial charge in [0, 0.05) is 22.1 Å². The van der Waals surface area contributed by atoms with E-state index in [4.69, 9.17) is 9.97 Å². The van der Waals surface area contributed by atoms with Crippen molar-refractivity contribution in [3.05, 3.63) is 192 Å². The summed E-state index contributed by atoms with van der Waals surface area (Å²) in [5.41, 5.74) is 16.3. The molecule has 7 aromatic carbocycles. The van der Waals surface area contributed by atoms with Gasteiger partial charge in [-0.2, -0.15) is 0 Å². The largest absolute Gasteiger partial charge is 0.227 e. The molecule has 0 aliphatic rings. The van der Waals surface area contributed by atoms with Crippen molar-refractivity contribution in [1.82, 2.24) is 9.97 Å². The van der Waals surface area contributed by atoms with Crippen molar-refractivity contribution in [2.45, 2.75) is 52.4 Å². The smallest absolute Gasteiger partial charge is 0.160 e. The topological polar surface area (TPSA) is 25.8 Å². The number of unbranched alkanes of at least 4 members (excludes halogenated alkanes) is 3. The Morgan fingerprint density at radius 3 is 1.63 bits per heavy atom. The monoisotopic (exact) mass is 698 g/mol. The highest BCUT2D eigenvalue weighted by Gasteiger charge is 2.19. The number of rotatable bonds is 12. The lowest BCUT2D eigenvalue weighted by atomic mass is 9.91. The van der Waals surface area contributed by atoms with Crippen molar-refractivity contribution >= 4 is 10.9 Å². The summed E-state index contributed by atoms with van der Waals surface area (Å²) in [4.78, 5) is 10.9. The summed E-state index contributed by atoms with van der Waals surface area (Å²) in [6.07, 6.45) is 7.25. The summed E-state index contributed by atoms with van der Waals surface area (Å²) in [5.74, 6) is 0.735. The standard InChI is InChI=1S/C52H46N2/c1-37-19-16-20-38(2)49(37)51-48-36-46(41-26-12-6-13-27-41)35-47(42-28-14-7-15-29-42)50(48)53-52(54-51)45-32-18-31-44(34-45)43-30-17-25-40(33-43)24-9-4-3-8-21-39-22-10-5-11-23-39/h5-7,10-20,22-23,25-36H,3-4,8-9,21,24H2,1-2H3. The van der Waals surface area contributed by atoms with Crippen molar-refractivity contribution in [2.75, 3.05) is 0 Å². The molecule has 0 aliphatic carbocycles. The second kappa shape index (κ2) is 16.3. The Balaban J connectivity index is 1.16. The maximum Gasteiger partial charge on any atom is 0.160 e. The minimum atomic E-state index is 0.735. The lowest BCUT2D eigenvalue weighted by molar-refractivity contribution is 0.640. The Kier molecular flexibility index (Phi) is 10.5. The highest BCUT2D eigenvalue weighted by molar-refractivity contribution is 6.05. The molecular weight excluding hydrogens is 653 g/mol. The quantitative estimate of drug-likeness (QED) is 0.119. The average molecular weight is 699 g/mol. The van der Waals surface area contributed by atoms with Gasteiger partial charge in [-0.3, -0.25) is 0 Å². The van der Waals surface area contributed by atoms with E-state index < -0.39 is 0 Å². The zero-order chi connectivity index (χ0) is 36.7. The molecule has 0 N–H and O–H groups in total. The van der Waals surface area contributed by atoms with Crippen molar-refractivity contribution < 1.29 is 0 Å². The summed E-state index contributed by atoms with van der Waals surface area (Å²) in [5, 5.41) is 1.06. The number of nitrogens with zero attached hydrogens (tertiary/aromatic N) is 2. The van der Waals surface area contributed by atoms with Crippen LogP contribution in [0.5, 0.6) is 0 Å². The van der Waals surface area contributed by atoms with Gasteiger partial charge in [-0.15, -0.1) is 0 Å². The molecule has 0 atom stereocenters. The van der Waals surface area contributed by atoms with Crippen LogP contribution in [0.25, 0.3) is 66.9 Å². The molecule has 0 spiro atoms. The van der Waals surface area contributed by atoms with Gasteiger partial charge >= 0.3 is 0 Å². The van der Waals surface area contributed by atoms with E-state index in [-0.39, 0.29) is 0 Å². The second-order valence-corrected chi connectivity index (χ2v) is 14.5. The molecule has 0 radical (unpaired) electrons. The molecule has 2 nitrogen and oxygen atoms in total. The fourth-order valence-electron chi connectivity index (χ4n) is 7.78. The van der Waals surface area contributed by atoms with Crippen LogP contribution in [-0.4, -0.2) is 9.97 Å². The van der Waals surface area contributed by atoms with Crippen LogP contribution in [0.15, 0.2) is 170 Å². The average Bonchev–Trinajstić information content (AvgIpc) is 3.23. The molecular formula is C52H46N2. The van der Waals surface area contributed by atoms with Gasteiger partial charge in [0.1, 0.15) is 0 Å². The lowest BCUT2D eigenvalue weighted by Crippen LogP contribution is -2.00. The molecule has 0 unspecified atom stereocenters. The van der Waals surface area contributed by atoms with E-state index in [2.05, 4.69) is 184 Å². The van der Waals surface area contributed by atoms with Crippen LogP contribution in [0, 0.1) is 13.8 Å². The van der Waals surface area contributed by atoms with E-state index >= 15 is 0 Å². The zero-order valence-corrected chi connectivity index (χ0v) is 31.3. The van der Waals surface area contributed by atoms with E-state index in [0.717, 1.165) is 51.1 Å². The molecule has 0 bridgehead atoms. The molecule has 0 aliphatic heterocycles. The highest BCUT2D eigenvalue weighted by Crippen LogP contribution is 2.40. The fourth-order valence-corrected chi connectivity index (χ4v) is 7.78. The van der Waals surface area contributed by atoms with Crippen LogP contribution in [0.1, 0.15) is 47.9 Å². The van der Waals surface area contributed by atoms with Gasteiger partial charge in [-0.05, 0) is 108 Å². The molecule has 8 rings (SSSR count). The summed E-state index contributed by atoms with van der Waals surface area (Å²) in [6, 6.07) is 61.1. The van der Waals surface area contributed by atoms with Gasteiger partial charge in [-0.1, -0.05) is 165 Å².